The van der Waals surface area contributed by atoms with Gasteiger partial charge in [-0.15, -0.1) is 0 Å². The van der Waals surface area contributed by atoms with Gasteiger partial charge in [0.15, 0.2) is 42.2 Å². The largest absolute Gasteiger partial charge is 0.455 e. The summed E-state index contributed by atoms with van der Waals surface area (Å²) < 4.78 is 219. The Morgan fingerprint density at radius 2 is 0.567 bits per heavy atom. The van der Waals surface area contributed by atoms with E-state index in [9.17, 15) is 0 Å². The van der Waals surface area contributed by atoms with Crippen LogP contribution in [0.1, 0.15) is 181 Å². The van der Waals surface area contributed by atoms with E-state index in [0.717, 1.165) is 199 Å². The van der Waals surface area contributed by atoms with Crippen LogP contribution in [-0.2, 0) is 62.3 Å². The van der Waals surface area contributed by atoms with Gasteiger partial charge in [0.1, 0.15) is 68.7 Å². The molecule has 30 rings (SSSR count). The lowest BCUT2D eigenvalue weighted by molar-refractivity contribution is -0.660. The predicted molar refractivity (Wildman–Crippen MR) is 602 cm³/mol. The second-order valence-electron chi connectivity index (χ2n) is 41.0. The number of pyridine rings is 10. The Labute approximate surface area is 900 Å². The summed E-state index contributed by atoms with van der Waals surface area (Å²) in [5.74, 6) is 0. The minimum atomic E-state index is -2.87. The van der Waals surface area contributed by atoms with E-state index in [1.54, 1.807) is 75.6 Å². The van der Waals surface area contributed by atoms with Crippen LogP contribution in [0.5, 0.6) is 0 Å². The first-order chi connectivity index (χ1) is 81.1. The van der Waals surface area contributed by atoms with Crippen LogP contribution < -0.4 is 22.8 Å². The van der Waals surface area contributed by atoms with E-state index >= 15 is 0 Å². The molecular weight excluding hydrogens is 1840 g/mol. The van der Waals surface area contributed by atoms with Gasteiger partial charge in [-0.3, -0.25) is 15.0 Å². The van der Waals surface area contributed by atoms with Gasteiger partial charge in [0.05, 0.1) is 56.3 Å². The van der Waals surface area contributed by atoms with Gasteiger partial charge in [0, 0.05) is 222 Å². The number of benzene rings is 10. The van der Waals surface area contributed by atoms with Crippen molar-refractivity contribution in [3.63, 3.8) is 0 Å². The van der Waals surface area contributed by atoms with Crippen molar-refractivity contribution in [1.29, 1.82) is 0 Å². The molecule has 10 aromatic carbocycles. The molecule has 0 fully saturated rings. The zero-order chi connectivity index (χ0) is 121. The molecule has 3 atom stereocenters. The van der Waals surface area contributed by atoms with Crippen molar-refractivity contribution in [2.24, 2.45) is 35.2 Å². The van der Waals surface area contributed by atoms with Gasteiger partial charge in [-0.25, -0.2) is 32.8 Å². The summed E-state index contributed by atoms with van der Waals surface area (Å²) in [6.07, 6.45) is 14.8. The highest BCUT2D eigenvalue weighted by molar-refractivity contribution is 6.17. The Morgan fingerprint density at radius 1 is 0.233 bits per heavy atom. The third-order valence-corrected chi connectivity index (χ3v) is 31.5. The Kier molecular flexibility index (Phi) is 16.3. The number of furan rings is 5. The first-order valence-corrected chi connectivity index (χ1v) is 50.2. The quantitative estimate of drug-likeness (QED) is 0.152. The van der Waals surface area contributed by atoms with Crippen LogP contribution in [0.3, 0.4) is 0 Å². The Morgan fingerprint density at radius 3 is 1.04 bits per heavy atom. The van der Waals surface area contributed by atoms with Crippen LogP contribution in [0.15, 0.2) is 357 Å². The van der Waals surface area contributed by atoms with E-state index in [4.69, 9.17) is 55.9 Å². The van der Waals surface area contributed by atoms with Crippen LogP contribution in [0, 0.1) is 34.6 Å². The molecule has 5 aliphatic carbocycles. The molecule has 0 N–H and O–H groups in total. The second kappa shape index (κ2) is 33.9. The topological polar surface area (TPSA) is 150 Å². The average Bonchev–Trinajstić information content (AvgIpc) is 1.52. The molecule has 15 heteroatoms. The molecule has 0 saturated carbocycles. The molecule has 150 heavy (non-hydrogen) atoms. The van der Waals surface area contributed by atoms with Gasteiger partial charge in [0.25, 0.3) is 0 Å². The van der Waals surface area contributed by atoms with Crippen molar-refractivity contribution < 1.29 is 73.7 Å². The summed E-state index contributed by atoms with van der Waals surface area (Å²) in [4.78, 5) is 23.0. The molecule has 0 spiro atoms. The molecule has 25 aromatic rings. The van der Waals surface area contributed by atoms with E-state index < -0.39 is 75.0 Å². The van der Waals surface area contributed by atoms with Crippen molar-refractivity contribution >= 4 is 110 Å². The monoisotopic (exact) mass is 1980 g/mol. The van der Waals surface area contributed by atoms with Gasteiger partial charge in [-0.2, -0.15) is 0 Å². The van der Waals surface area contributed by atoms with E-state index in [2.05, 4.69) is 103 Å². The molecular formula is C135H115N10O5+5. The predicted octanol–water partition coefficient (Wildman–Crippen LogP) is 30.4. The van der Waals surface area contributed by atoms with Gasteiger partial charge in [-0.05, 0) is 217 Å². The third kappa shape index (κ3) is 13.8. The number of hydrogen-bond acceptors (Lipinski definition) is 10. The highest BCUT2D eigenvalue weighted by atomic mass is 16.4. The summed E-state index contributed by atoms with van der Waals surface area (Å²) >= 11 is 0. The normalized spacial score (nSPS) is 18.8. The molecule has 3 unspecified atom stereocenters. The Balaban J connectivity index is 0.000000104. The van der Waals surface area contributed by atoms with Crippen molar-refractivity contribution in [3.8, 4) is 112 Å². The molecule has 15 nitrogen and oxygen atoms in total. The summed E-state index contributed by atoms with van der Waals surface area (Å²) in [6, 6.07) is 91.6. The third-order valence-electron chi connectivity index (χ3n) is 31.5. The summed E-state index contributed by atoms with van der Waals surface area (Å²) in [5.41, 5.74) is 25.4. The van der Waals surface area contributed by atoms with E-state index in [-0.39, 0.29) is 28.2 Å². The molecule has 5 aliphatic rings. The molecule has 15 aromatic heterocycles. The molecule has 730 valence electrons. The van der Waals surface area contributed by atoms with E-state index in [1.165, 1.54) is 6.20 Å². The fourth-order valence-corrected chi connectivity index (χ4v) is 24.0. The SMILES string of the molecule is [2H]C([2H])([2H])C1(C([2H])([2H])[2H])c2cc3oc4c(-c5cccc[n+]5C)c(C)ccc4c3cc2-c2cccnc21.[2H]C([2H])([2H])C1(C([2H])([2H])[2H])c2ccccc2-c2cc3c(nc21)oc1c(-c2cccc[n+]2C)c(C)ccc13.[2H]C([2H])([2H])C1(C)c2cc3c(cc2-c2cccnc21)oc1c(-c2cccc[n+]2C)c(C)ccc13.[2H]C([2H])([2H])C1(C)c2ccccc2-c2nc3oc4c(-c5cccc[n+]5C)c(C)ccc4c3cc21.[2H]C([2H])([2H])C1(C)c2ncccc2-c2ccc3c(oc4c(-c5cccc[n+]5C)c(C)ccc43)c21. The number of fused-ring (bicyclic) bond motifs is 31. The lowest BCUT2D eigenvalue weighted by Gasteiger charge is -2.20. The molecule has 0 amide bonds. The molecule has 0 radical (unpaired) electrons. The van der Waals surface area contributed by atoms with Crippen LogP contribution in [-0.4, -0.2) is 24.9 Å². The molecule has 15 heterocycles. The molecule has 0 bridgehead atoms. The standard InChI is InChI=1S/5C27H23N2O/c1-16-10-11-18-19-13-12-17-20-8-7-14-28-26(20)27(2,3)23(17)25(19)30-24(18)22(16)21-9-5-6-15-29(21)4;1-16-10-11-17-20-14-21-19(18-8-7-12-28-26(18)27(21,2)3)15-23(20)30-25(17)24(16)22-9-5-6-13-29(22)4;1-16-10-11-17-20-14-19-18-8-7-12-28-26(18)27(2,3)21(19)15-23(20)30-25(17)24(16)22-9-5-6-13-29(22)4;1-16-12-13-17-19-15-21-24(18-9-5-6-10-20(18)27(21,2)3)28-26(19)30-25(17)23(16)22-11-7-8-14-29(22)4;1-16-12-13-18-20-15-19-17-9-5-6-10-21(17)27(2,3)25(19)28-26(20)30-24(18)23(16)22-11-7-8-14-29(22)4/h5*5-15H,1-4H3/q5*+1/i2*2D3;2D3,3D3;2D3;2D3,3D3. The highest BCUT2D eigenvalue weighted by Crippen LogP contribution is 2.58. The Bertz CT molecular complexity index is 10500. The number of hydrogen-bond donors (Lipinski definition) is 0. The maximum Gasteiger partial charge on any atom is 0.227 e. The lowest BCUT2D eigenvalue weighted by atomic mass is 9.82. The maximum atomic E-state index is 8.48. The summed E-state index contributed by atoms with van der Waals surface area (Å²) in [6.45, 7) is -2.61. The number of aromatic nitrogens is 10. The van der Waals surface area contributed by atoms with Crippen molar-refractivity contribution in [1.82, 2.24) is 24.9 Å². The van der Waals surface area contributed by atoms with Crippen molar-refractivity contribution in [2.75, 3.05) is 0 Å². The van der Waals surface area contributed by atoms with E-state index in [0.29, 0.717) is 78.3 Å². The van der Waals surface area contributed by atoms with Crippen LogP contribution >= 0.6 is 0 Å². The number of rotatable bonds is 5. The average molecular weight is 1980 g/mol. The van der Waals surface area contributed by atoms with Gasteiger partial charge in [0.2, 0.25) is 39.9 Å². The van der Waals surface area contributed by atoms with Crippen molar-refractivity contribution in [3.05, 3.63) is 419 Å². The first kappa shape index (κ1) is 72.1. The first-order valence-electron chi connectivity index (χ1n) is 60.7. The van der Waals surface area contributed by atoms with Gasteiger partial charge >= 0.3 is 0 Å². The number of aryl methyl sites for hydroxylation is 10. The fraction of sp³-hybridized carbons (Fsp3) is 0.185. The van der Waals surface area contributed by atoms with E-state index in [1.807, 2.05) is 283 Å². The summed E-state index contributed by atoms with van der Waals surface area (Å²) in [5, 5.41) is 8.81. The second-order valence-corrected chi connectivity index (χ2v) is 41.0. The highest BCUT2D eigenvalue weighted by Gasteiger charge is 2.45. The number of nitrogens with zero attached hydrogens (tertiary/aromatic N) is 10. The molecule has 0 saturated heterocycles. The van der Waals surface area contributed by atoms with Crippen LogP contribution in [0.2, 0.25) is 0 Å². The van der Waals surface area contributed by atoms with Crippen LogP contribution in [0.4, 0.5) is 0 Å². The van der Waals surface area contributed by atoms with Crippen LogP contribution in [0.25, 0.3) is 222 Å². The van der Waals surface area contributed by atoms with Crippen molar-refractivity contribution in [2.45, 2.75) is 130 Å². The minimum Gasteiger partial charge on any atom is -0.455 e. The van der Waals surface area contributed by atoms with Gasteiger partial charge < -0.3 is 22.1 Å². The zero-order valence-corrected chi connectivity index (χ0v) is 84.8. The lowest BCUT2D eigenvalue weighted by Crippen LogP contribution is -2.30. The van der Waals surface area contributed by atoms with Gasteiger partial charge in [-0.1, -0.05) is 188 Å². The smallest absolute Gasteiger partial charge is 0.227 e. The summed E-state index contributed by atoms with van der Waals surface area (Å²) in [7, 11) is 9.98. The zero-order valence-electron chi connectivity index (χ0n) is 106. The molecule has 0 aliphatic heterocycles. The maximum absolute atomic E-state index is 8.48. The Hall–Kier alpha value is -17.3. The fourth-order valence-electron chi connectivity index (χ4n) is 24.0. The minimum absolute atomic E-state index is 0.0128.